The van der Waals surface area contributed by atoms with Gasteiger partial charge in [-0.05, 0) is 48.5 Å². The first-order valence-electron chi connectivity index (χ1n) is 9.66. The second-order valence-corrected chi connectivity index (χ2v) is 6.69. The van der Waals surface area contributed by atoms with Crippen LogP contribution >= 0.6 is 0 Å². The number of hydrogen-bond acceptors (Lipinski definition) is 5. The van der Waals surface area contributed by atoms with Gasteiger partial charge in [0.1, 0.15) is 0 Å². The van der Waals surface area contributed by atoms with Crippen LogP contribution in [-0.4, -0.2) is 15.0 Å². The molecule has 3 heterocycles. The summed E-state index contributed by atoms with van der Waals surface area (Å²) in [6, 6.07) is 26.3. The number of nitrogens with zero attached hydrogens (tertiary/aromatic N) is 4. The summed E-state index contributed by atoms with van der Waals surface area (Å²) in [5.74, 6) is 0. The maximum atomic E-state index is 4.52. The molecule has 0 bridgehead atoms. The van der Waals surface area contributed by atoms with Crippen LogP contribution in [0, 0.1) is 0 Å². The van der Waals surface area contributed by atoms with Gasteiger partial charge in [-0.2, -0.15) is 0 Å². The van der Waals surface area contributed by atoms with Crippen LogP contribution in [0.2, 0.25) is 0 Å². The Hall–Kier alpha value is -3.73. The van der Waals surface area contributed by atoms with Crippen molar-refractivity contribution in [1.29, 1.82) is 0 Å². The smallest absolute Gasteiger partial charge is 0.0609 e. The van der Waals surface area contributed by atoms with E-state index in [0.29, 0.717) is 19.6 Å². The normalized spacial score (nSPS) is 10.5. The van der Waals surface area contributed by atoms with Crippen LogP contribution < -0.4 is 10.2 Å². The zero-order valence-corrected chi connectivity index (χ0v) is 16.1. The van der Waals surface area contributed by atoms with Crippen molar-refractivity contribution in [1.82, 2.24) is 15.0 Å². The fourth-order valence-corrected chi connectivity index (χ4v) is 3.19. The molecule has 3 aromatic heterocycles. The van der Waals surface area contributed by atoms with Crippen molar-refractivity contribution in [3.63, 3.8) is 0 Å². The quantitative estimate of drug-likeness (QED) is 0.480. The second-order valence-electron chi connectivity index (χ2n) is 6.69. The first kappa shape index (κ1) is 18.6. The maximum Gasteiger partial charge on any atom is 0.0609 e. The molecule has 5 nitrogen and oxygen atoms in total. The molecular weight excluding hydrogens is 358 g/mol. The molecule has 0 fully saturated rings. The van der Waals surface area contributed by atoms with Crippen molar-refractivity contribution in [3.05, 3.63) is 115 Å². The number of nitrogens with one attached hydrogen (secondary N) is 1. The minimum Gasteiger partial charge on any atom is -0.378 e. The summed E-state index contributed by atoms with van der Waals surface area (Å²) >= 11 is 0. The number of benzene rings is 1. The third kappa shape index (κ3) is 5.17. The molecule has 4 rings (SSSR count). The van der Waals surface area contributed by atoms with E-state index >= 15 is 0 Å². The van der Waals surface area contributed by atoms with Gasteiger partial charge in [0.15, 0.2) is 0 Å². The molecule has 0 saturated heterocycles. The van der Waals surface area contributed by atoms with E-state index in [2.05, 4.69) is 55.5 Å². The lowest BCUT2D eigenvalue weighted by Gasteiger charge is -2.27. The van der Waals surface area contributed by atoms with Gasteiger partial charge in [-0.25, -0.2) is 0 Å². The Balaban J connectivity index is 1.61. The molecule has 0 aliphatic heterocycles. The van der Waals surface area contributed by atoms with Crippen LogP contribution in [-0.2, 0) is 19.6 Å². The Morgan fingerprint density at radius 1 is 0.586 bits per heavy atom. The highest BCUT2D eigenvalue weighted by atomic mass is 15.2. The molecule has 4 aromatic rings. The Labute approximate surface area is 171 Å². The fourth-order valence-electron chi connectivity index (χ4n) is 3.19. The average molecular weight is 381 g/mol. The summed E-state index contributed by atoms with van der Waals surface area (Å²) in [6.07, 6.45) is 5.48. The van der Waals surface area contributed by atoms with E-state index in [9.17, 15) is 0 Å². The maximum absolute atomic E-state index is 4.52. The zero-order chi connectivity index (χ0) is 19.7. The minimum absolute atomic E-state index is 0.666. The second kappa shape index (κ2) is 9.46. The van der Waals surface area contributed by atoms with Crippen molar-refractivity contribution in [2.45, 2.75) is 19.6 Å². The molecular formula is C24H23N5. The molecule has 1 N–H and O–H groups in total. The number of hydrogen-bond donors (Lipinski definition) is 1. The van der Waals surface area contributed by atoms with Gasteiger partial charge in [-0.3, -0.25) is 15.0 Å². The van der Waals surface area contributed by atoms with Gasteiger partial charge in [0.05, 0.1) is 48.1 Å². The number of para-hydroxylation sites is 2. The van der Waals surface area contributed by atoms with Gasteiger partial charge in [0.25, 0.3) is 0 Å². The fraction of sp³-hybridized carbons (Fsp3) is 0.125. The summed E-state index contributed by atoms with van der Waals surface area (Å²) in [4.78, 5) is 15.7. The third-order valence-electron chi connectivity index (χ3n) is 4.59. The lowest BCUT2D eigenvalue weighted by molar-refractivity contribution is 0.765. The van der Waals surface area contributed by atoms with Crippen LogP contribution in [0.3, 0.4) is 0 Å². The summed E-state index contributed by atoms with van der Waals surface area (Å²) in [7, 11) is 0. The van der Waals surface area contributed by atoms with E-state index in [-0.39, 0.29) is 0 Å². The minimum atomic E-state index is 0.666. The largest absolute Gasteiger partial charge is 0.378 e. The molecule has 0 amide bonds. The van der Waals surface area contributed by atoms with Crippen LogP contribution in [0.4, 0.5) is 11.4 Å². The SMILES string of the molecule is c1ccc(CNc2ccccc2N(Cc2ccccn2)Cc2ccccn2)nc1. The van der Waals surface area contributed by atoms with E-state index < -0.39 is 0 Å². The lowest BCUT2D eigenvalue weighted by Crippen LogP contribution is -2.24. The monoisotopic (exact) mass is 381 g/mol. The molecule has 0 atom stereocenters. The molecule has 5 heteroatoms. The first-order valence-corrected chi connectivity index (χ1v) is 9.66. The number of pyridine rings is 3. The Morgan fingerprint density at radius 3 is 1.66 bits per heavy atom. The summed E-state index contributed by atoms with van der Waals surface area (Å²) in [6.45, 7) is 2.05. The third-order valence-corrected chi connectivity index (χ3v) is 4.59. The van der Waals surface area contributed by atoms with Gasteiger partial charge in [0.2, 0.25) is 0 Å². The highest BCUT2D eigenvalue weighted by Crippen LogP contribution is 2.28. The predicted octanol–water partition coefficient (Wildman–Crippen LogP) is 4.69. The Kier molecular flexibility index (Phi) is 6.08. The highest BCUT2D eigenvalue weighted by Gasteiger charge is 2.14. The Morgan fingerprint density at radius 2 is 1.10 bits per heavy atom. The molecule has 0 radical (unpaired) electrons. The van der Waals surface area contributed by atoms with E-state index in [0.717, 1.165) is 28.5 Å². The van der Waals surface area contributed by atoms with Gasteiger partial charge in [-0.15, -0.1) is 0 Å². The van der Waals surface area contributed by atoms with Crippen molar-refractivity contribution in [3.8, 4) is 0 Å². The average Bonchev–Trinajstić information content (AvgIpc) is 2.80. The summed E-state index contributed by atoms with van der Waals surface area (Å²) in [5, 5.41) is 3.54. The Bertz CT molecular complexity index is 965. The molecule has 0 unspecified atom stereocenters. The summed E-state index contributed by atoms with van der Waals surface area (Å²) < 4.78 is 0. The molecule has 0 aliphatic carbocycles. The van der Waals surface area contributed by atoms with Crippen molar-refractivity contribution in [2.75, 3.05) is 10.2 Å². The standard InChI is InChI=1S/C24H23N5/c1-2-13-24(23(12-1)28-17-20-9-3-6-14-25-20)29(18-21-10-4-7-15-26-21)19-22-11-5-8-16-27-22/h1-16,28H,17-19H2. The summed E-state index contributed by atoms with van der Waals surface area (Å²) in [5.41, 5.74) is 5.21. The van der Waals surface area contributed by atoms with E-state index in [1.807, 2.05) is 67.1 Å². The van der Waals surface area contributed by atoms with Crippen molar-refractivity contribution in [2.24, 2.45) is 0 Å². The van der Waals surface area contributed by atoms with Crippen LogP contribution in [0.15, 0.2) is 97.5 Å². The molecule has 29 heavy (non-hydrogen) atoms. The molecule has 0 aliphatic rings. The van der Waals surface area contributed by atoms with Gasteiger partial charge in [-0.1, -0.05) is 30.3 Å². The van der Waals surface area contributed by atoms with E-state index in [1.54, 1.807) is 0 Å². The highest BCUT2D eigenvalue weighted by molar-refractivity contribution is 5.70. The van der Waals surface area contributed by atoms with Crippen LogP contribution in [0.25, 0.3) is 0 Å². The molecule has 144 valence electrons. The lowest BCUT2D eigenvalue weighted by atomic mass is 10.2. The van der Waals surface area contributed by atoms with Gasteiger partial charge >= 0.3 is 0 Å². The van der Waals surface area contributed by atoms with Crippen LogP contribution in [0.5, 0.6) is 0 Å². The number of aromatic nitrogens is 3. The van der Waals surface area contributed by atoms with Gasteiger partial charge < -0.3 is 10.2 Å². The molecule has 0 saturated carbocycles. The van der Waals surface area contributed by atoms with Crippen molar-refractivity contribution >= 4 is 11.4 Å². The zero-order valence-electron chi connectivity index (χ0n) is 16.1. The molecule has 0 spiro atoms. The van der Waals surface area contributed by atoms with E-state index in [4.69, 9.17) is 0 Å². The number of anilines is 2. The van der Waals surface area contributed by atoms with Crippen LogP contribution in [0.1, 0.15) is 17.1 Å². The van der Waals surface area contributed by atoms with E-state index in [1.165, 1.54) is 0 Å². The first-order chi connectivity index (χ1) is 14.4. The predicted molar refractivity (Wildman–Crippen MR) is 116 cm³/mol. The molecule has 1 aromatic carbocycles. The number of rotatable bonds is 8. The topological polar surface area (TPSA) is 53.9 Å². The van der Waals surface area contributed by atoms with Gasteiger partial charge in [0, 0.05) is 18.6 Å². The van der Waals surface area contributed by atoms with Crippen molar-refractivity contribution < 1.29 is 0 Å².